The molecule has 3 aromatic rings. The zero-order chi connectivity index (χ0) is 21.8. The molecule has 5 heteroatoms. The first-order chi connectivity index (χ1) is 15.1. The minimum atomic E-state index is -0.0879. The Labute approximate surface area is 188 Å². The Morgan fingerprint density at radius 1 is 1.06 bits per heavy atom. The van der Waals surface area contributed by atoms with Gasteiger partial charge in [-0.2, -0.15) is 5.10 Å². The van der Waals surface area contributed by atoms with Gasteiger partial charge in [0.2, 0.25) is 5.91 Å². The summed E-state index contributed by atoms with van der Waals surface area (Å²) in [7, 11) is 0. The molecule has 0 aliphatic carbocycles. The lowest BCUT2D eigenvalue weighted by atomic mass is 10.0. The predicted molar refractivity (Wildman–Crippen MR) is 132 cm³/mol. The summed E-state index contributed by atoms with van der Waals surface area (Å²) >= 11 is 1.53. The van der Waals surface area contributed by atoms with Gasteiger partial charge in [-0.3, -0.25) is 9.69 Å². The molecule has 0 spiro atoms. The van der Waals surface area contributed by atoms with Crippen molar-refractivity contribution in [3.63, 3.8) is 0 Å². The van der Waals surface area contributed by atoms with Crippen LogP contribution >= 0.6 is 11.8 Å². The van der Waals surface area contributed by atoms with E-state index in [9.17, 15) is 4.79 Å². The topological polar surface area (TPSA) is 45.0 Å². The van der Waals surface area contributed by atoms with E-state index in [0.29, 0.717) is 11.7 Å². The van der Waals surface area contributed by atoms with Crippen LogP contribution in [0.2, 0.25) is 0 Å². The van der Waals surface area contributed by atoms with Gasteiger partial charge in [0.05, 0.1) is 18.0 Å². The number of hydrogen-bond acceptors (Lipinski definition) is 4. The fourth-order valence-electron chi connectivity index (χ4n) is 3.89. The van der Waals surface area contributed by atoms with Crippen LogP contribution in [-0.4, -0.2) is 27.4 Å². The van der Waals surface area contributed by atoms with Crippen LogP contribution in [0.25, 0.3) is 10.8 Å². The molecule has 1 aliphatic rings. The quantitative estimate of drug-likeness (QED) is 0.351. The van der Waals surface area contributed by atoms with Crippen molar-refractivity contribution < 1.29 is 4.79 Å². The van der Waals surface area contributed by atoms with Gasteiger partial charge in [0.25, 0.3) is 0 Å². The number of amidine groups is 1. The predicted octanol–water partition coefficient (Wildman–Crippen LogP) is 6.09. The molecule has 3 aromatic carbocycles. The van der Waals surface area contributed by atoms with Gasteiger partial charge in [0.15, 0.2) is 5.17 Å². The zero-order valence-electron chi connectivity index (χ0n) is 18.2. The molecule has 1 saturated heterocycles. The lowest BCUT2D eigenvalue weighted by Crippen LogP contribution is -2.31. The third-order valence-corrected chi connectivity index (χ3v) is 6.78. The van der Waals surface area contributed by atoms with Crippen molar-refractivity contribution >= 4 is 39.8 Å². The third-order valence-electron chi connectivity index (χ3n) is 5.54. The van der Waals surface area contributed by atoms with Gasteiger partial charge >= 0.3 is 0 Å². The highest BCUT2D eigenvalue weighted by molar-refractivity contribution is 8.15. The van der Waals surface area contributed by atoms with Gasteiger partial charge in [-0.05, 0) is 47.7 Å². The molecule has 1 heterocycles. The van der Waals surface area contributed by atoms with E-state index in [1.165, 1.54) is 28.1 Å². The number of rotatable bonds is 6. The Kier molecular flexibility index (Phi) is 6.52. The molecule has 4 nitrogen and oxygen atoms in total. The molecular weight excluding hydrogens is 402 g/mol. The summed E-state index contributed by atoms with van der Waals surface area (Å²) in [5, 5.41) is 11.8. The molecular formula is C26H27N3OS. The number of hydrogen-bond donors (Lipinski definition) is 0. The minimum absolute atomic E-state index is 0.0879. The second kappa shape index (κ2) is 9.48. The molecule has 1 unspecified atom stereocenters. The van der Waals surface area contributed by atoms with Gasteiger partial charge in [0.1, 0.15) is 0 Å². The number of carbonyl (C=O) groups is 1. The Morgan fingerprint density at radius 2 is 1.87 bits per heavy atom. The van der Waals surface area contributed by atoms with Crippen LogP contribution in [-0.2, 0) is 11.3 Å². The van der Waals surface area contributed by atoms with Crippen molar-refractivity contribution in [1.82, 2.24) is 4.90 Å². The second-order valence-electron chi connectivity index (χ2n) is 7.95. The minimum Gasteiger partial charge on any atom is -0.284 e. The average Bonchev–Trinajstić information content (AvgIpc) is 3.05. The van der Waals surface area contributed by atoms with Crippen molar-refractivity contribution in [2.24, 2.45) is 10.2 Å². The molecule has 4 rings (SSSR count). The Bertz CT molecular complexity index is 1160. The molecule has 0 N–H and O–H groups in total. The fourth-order valence-corrected chi connectivity index (χ4v) is 5.10. The maximum Gasteiger partial charge on any atom is 0.242 e. The van der Waals surface area contributed by atoms with E-state index in [2.05, 4.69) is 73.4 Å². The highest BCUT2D eigenvalue weighted by Crippen LogP contribution is 2.32. The Morgan fingerprint density at radius 3 is 2.68 bits per heavy atom. The SMILES string of the molecule is CCCC1S/C(=N/N=C/c2ccc(C)cc2C)N(Cc2cccc3ccccc23)C1=O. The normalized spacial score (nSPS) is 18.0. The molecule has 1 atom stereocenters. The lowest BCUT2D eigenvalue weighted by Gasteiger charge is -2.17. The second-order valence-corrected chi connectivity index (χ2v) is 9.11. The van der Waals surface area contributed by atoms with Gasteiger partial charge in [-0.25, -0.2) is 0 Å². The van der Waals surface area contributed by atoms with Crippen LogP contribution in [0.3, 0.4) is 0 Å². The maximum atomic E-state index is 13.1. The van der Waals surface area contributed by atoms with Gasteiger partial charge < -0.3 is 0 Å². The number of amides is 1. The molecule has 1 aliphatic heterocycles. The summed E-state index contributed by atoms with van der Waals surface area (Å²) in [4.78, 5) is 14.9. The Hall–Kier alpha value is -2.92. The highest BCUT2D eigenvalue weighted by Gasteiger charge is 2.37. The van der Waals surface area contributed by atoms with Crippen LogP contribution < -0.4 is 0 Å². The van der Waals surface area contributed by atoms with Crippen molar-refractivity contribution in [3.05, 3.63) is 82.9 Å². The van der Waals surface area contributed by atoms with Gasteiger partial charge in [0, 0.05) is 0 Å². The van der Waals surface area contributed by atoms with Crippen molar-refractivity contribution in [3.8, 4) is 0 Å². The standard InChI is InChI=1S/C26H27N3OS/c1-4-8-24-25(30)29(17-22-11-7-10-20-9-5-6-12-23(20)22)26(31-24)28-27-16-21-14-13-18(2)15-19(21)3/h5-7,9-16,24H,4,8,17H2,1-3H3/b27-16+,28-26+. The first-order valence-corrected chi connectivity index (χ1v) is 11.6. The molecule has 31 heavy (non-hydrogen) atoms. The number of aryl methyl sites for hydroxylation is 2. The largest absolute Gasteiger partial charge is 0.284 e. The monoisotopic (exact) mass is 429 g/mol. The van der Waals surface area contributed by atoms with Crippen LogP contribution in [0.15, 0.2) is 70.9 Å². The maximum absolute atomic E-state index is 13.1. The van der Waals surface area contributed by atoms with Crippen LogP contribution in [0.4, 0.5) is 0 Å². The molecule has 158 valence electrons. The van der Waals surface area contributed by atoms with E-state index in [4.69, 9.17) is 0 Å². The average molecular weight is 430 g/mol. The van der Waals surface area contributed by atoms with E-state index in [0.717, 1.165) is 29.5 Å². The molecule has 0 aromatic heterocycles. The number of nitrogens with zero attached hydrogens (tertiary/aromatic N) is 3. The molecule has 0 saturated carbocycles. The summed E-state index contributed by atoms with van der Waals surface area (Å²) in [6.07, 6.45) is 3.58. The van der Waals surface area contributed by atoms with E-state index in [1.54, 1.807) is 11.1 Å². The molecule has 1 amide bonds. The first kappa shape index (κ1) is 21.3. The van der Waals surface area contributed by atoms with Crippen LogP contribution in [0.1, 0.15) is 42.0 Å². The summed E-state index contributed by atoms with van der Waals surface area (Å²) in [5.41, 5.74) is 4.54. The first-order valence-electron chi connectivity index (χ1n) is 10.7. The molecule has 1 fully saturated rings. The Balaban J connectivity index is 1.63. The molecule has 0 bridgehead atoms. The molecule has 0 radical (unpaired) electrons. The summed E-state index contributed by atoms with van der Waals surface area (Å²) in [5.74, 6) is 0.125. The van der Waals surface area contributed by atoms with Gasteiger partial charge in [-0.15, -0.1) is 5.10 Å². The van der Waals surface area contributed by atoms with Crippen molar-refractivity contribution in [2.45, 2.75) is 45.4 Å². The van der Waals surface area contributed by atoms with E-state index >= 15 is 0 Å². The van der Waals surface area contributed by atoms with E-state index in [-0.39, 0.29) is 11.2 Å². The fraction of sp³-hybridized carbons (Fsp3) is 0.269. The number of benzene rings is 3. The number of thioether (sulfide) groups is 1. The van der Waals surface area contributed by atoms with E-state index < -0.39 is 0 Å². The van der Waals surface area contributed by atoms with Crippen molar-refractivity contribution in [2.75, 3.05) is 0 Å². The van der Waals surface area contributed by atoms with Crippen molar-refractivity contribution in [1.29, 1.82) is 0 Å². The summed E-state index contributed by atoms with van der Waals surface area (Å²) < 4.78 is 0. The summed E-state index contributed by atoms with van der Waals surface area (Å²) in [6, 6.07) is 20.8. The van der Waals surface area contributed by atoms with Gasteiger partial charge in [-0.1, -0.05) is 91.3 Å². The summed E-state index contributed by atoms with van der Waals surface area (Å²) in [6.45, 7) is 6.76. The third kappa shape index (κ3) is 4.72. The van der Waals surface area contributed by atoms with Crippen LogP contribution in [0.5, 0.6) is 0 Å². The smallest absolute Gasteiger partial charge is 0.242 e. The zero-order valence-corrected chi connectivity index (χ0v) is 19.0. The van der Waals surface area contributed by atoms with Crippen LogP contribution in [0, 0.1) is 13.8 Å². The number of carbonyl (C=O) groups excluding carboxylic acids is 1. The van der Waals surface area contributed by atoms with E-state index in [1.807, 2.05) is 18.2 Å². The highest BCUT2D eigenvalue weighted by atomic mass is 32.2. The lowest BCUT2D eigenvalue weighted by molar-refractivity contribution is -0.126. The number of fused-ring (bicyclic) bond motifs is 1.